The van der Waals surface area contributed by atoms with Gasteiger partial charge in [-0.1, -0.05) is 30.3 Å². The molecule has 0 saturated heterocycles. The molecule has 0 saturated carbocycles. The zero-order chi connectivity index (χ0) is 12.6. The monoisotopic (exact) mass is 258 g/mol. The molecular formula is C15H18N2S. The Bertz CT molecular complexity index is 532. The van der Waals surface area contributed by atoms with E-state index in [1.165, 1.54) is 16.1 Å². The lowest BCUT2D eigenvalue weighted by molar-refractivity contribution is 0.131. The molecule has 94 valence electrons. The maximum atomic E-state index is 4.48. The van der Waals surface area contributed by atoms with Gasteiger partial charge >= 0.3 is 0 Å². The van der Waals surface area contributed by atoms with Crippen LogP contribution < -0.4 is 0 Å². The molecule has 1 aliphatic carbocycles. The highest BCUT2D eigenvalue weighted by molar-refractivity contribution is 7.09. The van der Waals surface area contributed by atoms with Crippen molar-refractivity contribution >= 4 is 11.3 Å². The van der Waals surface area contributed by atoms with E-state index in [-0.39, 0.29) is 5.54 Å². The van der Waals surface area contributed by atoms with Gasteiger partial charge < -0.3 is 0 Å². The number of aryl methyl sites for hydroxylation is 1. The van der Waals surface area contributed by atoms with Crippen LogP contribution in [0.5, 0.6) is 0 Å². The smallest absolute Gasteiger partial charge is 0.0797 e. The van der Waals surface area contributed by atoms with E-state index in [1.54, 1.807) is 11.3 Å². The minimum Gasteiger partial charge on any atom is -0.299 e. The second kappa shape index (κ2) is 4.48. The third-order valence-corrected chi connectivity index (χ3v) is 5.00. The van der Waals surface area contributed by atoms with Crippen LogP contribution in [0.1, 0.15) is 22.6 Å². The molecule has 0 aliphatic heterocycles. The quantitative estimate of drug-likeness (QED) is 0.823. The van der Waals surface area contributed by atoms with Crippen LogP contribution in [0, 0.1) is 0 Å². The first-order valence-corrected chi connectivity index (χ1v) is 7.24. The molecule has 3 rings (SSSR count). The lowest BCUT2D eigenvalue weighted by atomic mass is 9.77. The summed E-state index contributed by atoms with van der Waals surface area (Å²) >= 11 is 1.80. The Morgan fingerprint density at radius 3 is 2.72 bits per heavy atom. The fourth-order valence-electron chi connectivity index (χ4n) is 2.96. The molecule has 0 amide bonds. The van der Waals surface area contributed by atoms with Crippen LogP contribution in [-0.4, -0.2) is 24.0 Å². The van der Waals surface area contributed by atoms with E-state index in [4.69, 9.17) is 0 Å². The van der Waals surface area contributed by atoms with Crippen molar-refractivity contribution in [2.75, 3.05) is 14.1 Å². The van der Waals surface area contributed by atoms with Crippen molar-refractivity contribution in [1.82, 2.24) is 9.88 Å². The fraction of sp³-hybridized carbons (Fsp3) is 0.400. The molecule has 0 bridgehead atoms. The summed E-state index contributed by atoms with van der Waals surface area (Å²) in [6.45, 7) is 0. The van der Waals surface area contributed by atoms with E-state index in [9.17, 15) is 0 Å². The van der Waals surface area contributed by atoms with Crippen LogP contribution in [0.25, 0.3) is 0 Å². The summed E-state index contributed by atoms with van der Waals surface area (Å²) in [5.74, 6) is 0. The Balaban J connectivity index is 2.05. The normalized spacial score (nSPS) is 23.1. The Morgan fingerprint density at radius 2 is 2.00 bits per heavy atom. The summed E-state index contributed by atoms with van der Waals surface area (Å²) in [5.41, 5.74) is 4.87. The predicted molar refractivity (Wildman–Crippen MR) is 75.9 cm³/mol. The van der Waals surface area contributed by atoms with E-state index >= 15 is 0 Å². The lowest BCUT2D eigenvalue weighted by Gasteiger charge is -2.43. The number of rotatable bonds is 2. The van der Waals surface area contributed by atoms with Gasteiger partial charge in [0.2, 0.25) is 0 Å². The highest BCUT2D eigenvalue weighted by Gasteiger charge is 2.38. The zero-order valence-corrected chi connectivity index (χ0v) is 11.7. The molecule has 1 aromatic carbocycles. The number of aromatic nitrogens is 1. The molecule has 0 fully saturated rings. The van der Waals surface area contributed by atoms with Gasteiger partial charge in [0.05, 0.1) is 16.7 Å². The van der Waals surface area contributed by atoms with E-state index in [2.05, 4.69) is 54.3 Å². The second-order valence-electron chi connectivity index (χ2n) is 5.19. The summed E-state index contributed by atoms with van der Waals surface area (Å²) in [4.78, 5) is 8.31. The van der Waals surface area contributed by atoms with Crippen LogP contribution in [0.3, 0.4) is 0 Å². The number of hydrogen-bond acceptors (Lipinski definition) is 3. The van der Waals surface area contributed by atoms with Crippen molar-refractivity contribution in [3.63, 3.8) is 0 Å². The van der Waals surface area contributed by atoms with Crippen LogP contribution in [0.4, 0.5) is 0 Å². The first kappa shape index (κ1) is 11.9. The zero-order valence-electron chi connectivity index (χ0n) is 10.9. The molecule has 0 radical (unpaired) electrons. The number of nitrogens with zero attached hydrogens (tertiary/aromatic N) is 2. The number of fused-ring (bicyclic) bond motifs is 1. The van der Waals surface area contributed by atoms with Crippen molar-refractivity contribution in [3.8, 4) is 0 Å². The van der Waals surface area contributed by atoms with Crippen molar-refractivity contribution in [1.29, 1.82) is 0 Å². The van der Waals surface area contributed by atoms with Gasteiger partial charge in [-0.25, -0.2) is 4.98 Å². The Hall–Kier alpha value is -1.19. The number of hydrogen-bond donors (Lipinski definition) is 0. The summed E-state index contributed by atoms with van der Waals surface area (Å²) in [6.07, 6.45) is 3.33. The molecule has 1 unspecified atom stereocenters. The summed E-state index contributed by atoms with van der Waals surface area (Å²) in [6, 6.07) is 10.9. The Morgan fingerprint density at radius 1 is 1.22 bits per heavy atom. The number of thiazole rings is 1. The molecule has 18 heavy (non-hydrogen) atoms. The van der Waals surface area contributed by atoms with Gasteiger partial charge in [0.15, 0.2) is 0 Å². The molecule has 1 aliphatic rings. The van der Waals surface area contributed by atoms with Crippen molar-refractivity contribution in [3.05, 3.63) is 52.0 Å². The molecular weight excluding hydrogens is 240 g/mol. The minimum absolute atomic E-state index is 0.140. The van der Waals surface area contributed by atoms with Crippen molar-refractivity contribution in [2.45, 2.75) is 24.8 Å². The molecule has 3 heteroatoms. The Kier molecular flexibility index (Phi) is 2.96. The highest BCUT2D eigenvalue weighted by atomic mass is 32.1. The Labute approximate surface area is 112 Å². The maximum Gasteiger partial charge on any atom is 0.0797 e. The SMILES string of the molecule is CN(C)C1(c2ccccc2)CCc2ncsc2C1. The van der Waals surface area contributed by atoms with E-state index in [0.717, 1.165) is 19.3 Å². The van der Waals surface area contributed by atoms with Gasteiger partial charge in [0.25, 0.3) is 0 Å². The summed E-state index contributed by atoms with van der Waals surface area (Å²) < 4.78 is 0. The first-order valence-electron chi connectivity index (χ1n) is 6.36. The van der Waals surface area contributed by atoms with Crippen molar-refractivity contribution in [2.24, 2.45) is 0 Å². The van der Waals surface area contributed by atoms with Crippen molar-refractivity contribution < 1.29 is 0 Å². The van der Waals surface area contributed by atoms with Gasteiger partial charge in [0.1, 0.15) is 0 Å². The summed E-state index contributed by atoms with van der Waals surface area (Å²) in [7, 11) is 4.39. The molecule has 1 atom stereocenters. The minimum atomic E-state index is 0.140. The molecule has 1 aromatic heterocycles. The summed E-state index contributed by atoms with van der Waals surface area (Å²) in [5, 5.41) is 0. The van der Waals surface area contributed by atoms with Crippen LogP contribution in [0.2, 0.25) is 0 Å². The second-order valence-corrected chi connectivity index (χ2v) is 6.13. The third-order valence-electron chi connectivity index (χ3n) is 4.12. The van der Waals surface area contributed by atoms with Gasteiger partial charge in [-0.05, 0) is 32.5 Å². The predicted octanol–water partition coefficient (Wildman–Crippen LogP) is 3.09. The average molecular weight is 258 g/mol. The average Bonchev–Trinajstić information content (AvgIpc) is 2.86. The van der Waals surface area contributed by atoms with Gasteiger partial charge in [-0.2, -0.15) is 0 Å². The van der Waals surface area contributed by atoms with Crippen LogP contribution >= 0.6 is 11.3 Å². The molecule has 0 N–H and O–H groups in total. The number of likely N-dealkylation sites (N-methyl/N-ethyl adjacent to an activating group) is 1. The van der Waals surface area contributed by atoms with Crippen LogP contribution in [-0.2, 0) is 18.4 Å². The van der Waals surface area contributed by atoms with E-state index in [1.807, 2.05) is 5.51 Å². The maximum absolute atomic E-state index is 4.48. The number of benzene rings is 1. The topological polar surface area (TPSA) is 16.1 Å². The van der Waals surface area contributed by atoms with Gasteiger partial charge in [0, 0.05) is 11.3 Å². The fourth-order valence-corrected chi connectivity index (χ4v) is 3.88. The van der Waals surface area contributed by atoms with E-state index in [0.29, 0.717) is 0 Å². The van der Waals surface area contributed by atoms with Crippen LogP contribution in [0.15, 0.2) is 35.8 Å². The lowest BCUT2D eigenvalue weighted by Crippen LogP contribution is -2.45. The first-order chi connectivity index (χ1) is 8.72. The largest absolute Gasteiger partial charge is 0.299 e. The molecule has 0 spiro atoms. The van der Waals surface area contributed by atoms with E-state index < -0.39 is 0 Å². The van der Waals surface area contributed by atoms with Gasteiger partial charge in [-0.15, -0.1) is 11.3 Å². The van der Waals surface area contributed by atoms with Gasteiger partial charge in [-0.3, -0.25) is 4.90 Å². The molecule has 2 aromatic rings. The molecule has 2 nitrogen and oxygen atoms in total. The molecule has 1 heterocycles. The standard InChI is InChI=1S/C15H18N2S/c1-17(2)15(12-6-4-3-5-7-12)9-8-13-14(10-15)18-11-16-13/h3-7,11H,8-10H2,1-2H3. The highest BCUT2D eigenvalue weighted by Crippen LogP contribution is 2.40. The third kappa shape index (κ3) is 1.78.